The van der Waals surface area contributed by atoms with Crippen LogP contribution in [-0.4, -0.2) is 9.78 Å². The summed E-state index contributed by atoms with van der Waals surface area (Å²) in [5, 5.41) is 4.91. The first kappa shape index (κ1) is 13.8. The Bertz CT molecular complexity index is 551. The maximum absolute atomic E-state index is 6.32. The molecule has 0 aliphatic heterocycles. The summed E-state index contributed by atoms with van der Waals surface area (Å²) in [5.74, 6) is 0. The van der Waals surface area contributed by atoms with Crippen LogP contribution in [0.5, 0.6) is 0 Å². The molecule has 2 rings (SSSR count). The van der Waals surface area contributed by atoms with Gasteiger partial charge in [-0.3, -0.25) is 4.68 Å². The van der Waals surface area contributed by atoms with Crippen LogP contribution in [0.1, 0.15) is 37.2 Å². The molecule has 0 saturated heterocycles. The van der Waals surface area contributed by atoms with Crippen LogP contribution in [-0.2, 0) is 0 Å². The highest BCUT2D eigenvalue weighted by atomic mass is 127. The average Bonchev–Trinajstić information content (AvgIpc) is 2.70. The molecule has 96 valence electrons. The van der Waals surface area contributed by atoms with E-state index in [2.05, 4.69) is 47.6 Å². The zero-order chi connectivity index (χ0) is 13.3. The number of hydrogen-bond donors (Lipinski definition) is 1. The standard InChI is InChI=1S/C13H15ClIN3/c1-8(2)18-13(11(14)7-17-18)12(16)9-4-3-5-10(15)6-9/h3-8,12H,16H2,1-2H3. The molecule has 0 radical (unpaired) electrons. The lowest BCUT2D eigenvalue weighted by Gasteiger charge is -2.18. The SMILES string of the molecule is CC(C)n1ncc(Cl)c1C(N)c1cccc(I)c1. The minimum atomic E-state index is -0.253. The Balaban J connectivity index is 2.45. The highest BCUT2D eigenvalue weighted by Gasteiger charge is 2.20. The molecule has 1 heterocycles. The van der Waals surface area contributed by atoms with Crippen molar-refractivity contribution in [2.24, 2.45) is 5.73 Å². The Morgan fingerprint density at radius 2 is 2.11 bits per heavy atom. The predicted octanol–water partition coefficient (Wildman–Crippen LogP) is 3.77. The number of rotatable bonds is 3. The van der Waals surface area contributed by atoms with Crippen LogP contribution in [0.25, 0.3) is 0 Å². The van der Waals surface area contributed by atoms with Gasteiger partial charge in [0.25, 0.3) is 0 Å². The number of aromatic nitrogens is 2. The average molecular weight is 376 g/mol. The minimum Gasteiger partial charge on any atom is -0.319 e. The van der Waals surface area contributed by atoms with Gasteiger partial charge >= 0.3 is 0 Å². The van der Waals surface area contributed by atoms with Gasteiger partial charge in [0.15, 0.2) is 0 Å². The second kappa shape index (κ2) is 5.59. The van der Waals surface area contributed by atoms with E-state index in [4.69, 9.17) is 17.3 Å². The van der Waals surface area contributed by atoms with E-state index < -0.39 is 0 Å². The van der Waals surface area contributed by atoms with Crippen molar-refractivity contribution < 1.29 is 0 Å². The van der Waals surface area contributed by atoms with Gasteiger partial charge in [-0.25, -0.2) is 0 Å². The lowest BCUT2D eigenvalue weighted by atomic mass is 10.0. The molecule has 3 nitrogen and oxygen atoms in total. The molecule has 18 heavy (non-hydrogen) atoms. The summed E-state index contributed by atoms with van der Waals surface area (Å²) in [6.45, 7) is 4.13. The van der Waals surface area contributed by atoms with Gasteiger partial charge in [-0.2, -0.15) is 5.10 Å². The molecule has 1 aromatic carbocycles. The van der Waals surface area contributed by atoms with Gasteiger partial charge in [-0.15, -0.1) is 0 Å². The summed E-state index contributed by atoms with van der Waals surface area (Å²) >= 11 is 8.48. The molecular weight excluding hydrogens is 361 g/mol. The van der Waals surface area contributed by atoms with Crippen molar-refractivity contribution >= 4 is 34.2 Å². The van der Waals surface area contributed by atoms with Crippen molar-refractivity contribution in [3.05, 3.63) is 50.3 Å². The summed E-state index contributed by atoms with van der Waals surface area (Å²) in [6.07, 6.45) is 1.66. The summed E-state index contributed by atoms with van der Waals surface area (Å²) < 4.78 is 3.04. The Hall–Kier alpha value is -0.590. The normalized spacial score (nSPS) is 13.0. The molecule has 0 spiro atoms. The zero-order valence-electron chi connectivity index (χ0n) is 10.3. The highest BCUT2D eigenvalue weighted by Crippen LogP contribution is 2.28. The van der Waals surface area contributed by atoms with E-state index in [1.165, 1.54) is 0 Å². The molecular formula is C13H15ClIN3. The first-order valence-corrected chi connectivity index (χ1v) is 7.20. The molecule has 2 aromatic rings. The number of nitrogens with two attached hydrogens (primary N) is 1. The van der Waals surface area contributed by atoms with Crippen molar-refractivity contribution in [3.8, 4) is 0 Å². The van der Waals surface area contributed by atoms with Crippen molar-refractivity contribution in [1.82, 2.24) is 9.78 Å². The van der Waals surface area contributed by atoms with Crippen molar-refractivity contribution in [2.75, 3.05) is 0 Å². The smallest absolute Gasteiger partial charge is 0.0837 e. The second-order valence-electron chi connectivity index (χ2n) is 4.45. The summed E-state index contributed by atoms with van der Waals surface area (Å²) in [5.41, 5.74) is 8.24. The molecule has 0 saturated carbocycles. The third-order valence-electron chi connectivity index (χ3n) is 2.78. The largest absolute Gasteiger partial charge is 0.319 e. The van der Waals surface area contributed by atoms with E-state index in [0.717, 1.165) is 14.8 Å². The maximum Gasteiger partial charge on any atom is 0.0837 e. The molecule has 1 atom stereocenters. The maximum atomic E-state index is 6.32. The number of halogens is 2. The lowest BCUT2D eigenvalue weighted by molar-refractivity contribution is 0.499. The van der Waals surface area contributed by atoms with Gasteiger partial charge in [-0.1, -0.05) is 23.7 Å². The fourth-order valence-electron chi connectivity index (χ4n) is 1.91. The first-order chi connectivity index (χ1) is 8.50. The Labute approximate surface area is 125 Å². The molecule has 0 bridgehead atoms. The van der Waals surface area contributed by atoms with E-state index in [-0.39, 0.29) is 12.1 Å². The predicted molar refractivity (Wildman–Crippen MR) is 82.8 cm³/mol. The van der Waals surface area contributed by atoms with E-state index in [0.29, 0.717) is 5.02 Å². The number of hydrogen-bond acceptors (Lipinski definition) is 2. The first-order valence-electron chi connectivity index (χ1n) is 5.74. The van der Waals surface area contributed by atoms with Crippen LogP contribution < -0.4 is 5.73 Å². The van der Waals surface area contributed by atoms with Crippen LogP contribution in [0.15, 0.2) is 30.5 Å². The zero-order valence-corrected chi connectivity index (χ0v) is 13.2. The summed E-state index contributed by atoms with van der Waals surface area (Å²) in [7, 11) is 0. The monoisotopic (exact) mass is 375 g/mol. The van der Waals surface area contributed by atoms with Gasteiger partial charge in [0.05, 0.1) is 23.0 Å². The molecule has 0 aliphatic carbocycles. The van der Waals surface area contributed by atoms with Gasteiger partial charge < -0.3 is 5.73 Å². The second-order valence-corrected chi connectivity index (χ2v) is 6.10. The molecule has 5 heteroatoms. The number of nitrogens with zero attached hydrogens (tertiary/aromatic N) is 2. The van der Waals surface area contributed by atoms with Crippen molar-refractivity contribution in [3.63, 3.8) is 0 Å². The van der Waals surface area contributed by atoms with E-state index in [9.17, 15) is 0 Å². The van der Waals surface area contributed by atoms with E-state index in [1.54, 1.807) is 6.20 Å². The molecule has 1 aromatic heterocycles. The fourth-order valence-corrected chi connectivity index (χ4v) is 2.73. The topological polar surface area (TPSA) is 43.8 Å². The van der Waals surface area contributed by atoms with Crippen molar-refractivity contribution in [1.29, 1.82) is 0 Å². The van der Waals surface area contributed by atoms with Crippen LogP contribution in [0, 0.1) is 3.57 Å². The van der Waals surface area contributed by atoms with Crippen LogP contribution >= 0.6 is 34.2 Å². The lowest BCUT2D eigenvalue weighted by Crippen LogP contribution is -2.19. The molecule has 1 unspecified atom stereocenters. The molecule has 0 aliphatic rings. The Morgan fingerprint density at radius 3 is 2.72 bits per heavy atom. The van der Waals surface area contributed by atoms with Gasteiger partial charge in [-0.05, 0) is 54.1 Å². The van der Waals surface area contributed by atoms with Crippen molar-refractivity contribution in [2.45, 2.75) is 25.9 Å². The molecule has 0 fully saturated rings. The van der Waals surface area contributed by atoms with E-state index in [1.807, 2.05) is 22.9 Å². The van der Waals surface area contributed by atoms with Gasteiger partial charge in [0.2, 0.25) is 0 Å². The summed E-state index contributed by atoms with van der Waals surface area (Å²) in [4.78, 5) is 0. The Kier molecular flexibility index (Phi) is 4.29. The Morgan fingerprint density at radius 1 is 1.39 bits per heavy atom. The molecule has 0 amide bonds. The quantitative estimate of drug-likeness (QED) is 0.830. The molecule has 2 N–H and O–H groups in total. The van der Waals surface area contributed by atoms with Crippen LogP contribution in [0.3, 0.4) is 0 Å². The number of benzene rings is 1. The highest BCUT2D eigenvalue weighted by molar-refractivity contribution is 14.1. The fraction of sp³-hybridized carbons (Fsp3) is 0.308. The third kappa shape index (κ3) is 2.70. The third-order valence-corrected chi connectivity index (χ3v) is 3.74. The minimum absolute atomic E-state index is 0.237. The van der Waals surface area contributed by atoms with Crippen LogP contribution in [0.4, 0.5) is 0 Å². The summed E-state index contributed by atoms with van der Waals surface area (Å²) in [6, 6.07) is 8.11. The van der Waals surface area contributed by atoms with E-state index >= 15 is 0 Å². The van der Waals surface area contributed by atoms with Crippen LogP contribution in [0.2, 0.25) is 5.02 Å². The van der Waals surface area contributed by atoms with Gasteiger partial charge in [0.1, 0.15) is 0 Å². The van der Waals surface area contributed by atoms with Gasteiger partial charge in [0, 0.05) is 9.61 Å².